The average molecular weight is 287 g/mol. The minimum atomic E-state index is -0.187. The van der Waals surface area contributed by atoms with Gasteiger partial charge in [0.1, 0.15) is 11.5 Å². The number of phenols is 1. The minimum absolute atomic E-state index is 0.187. The van der Waals surface area contributed by atoms with Gasteiger partial charge in [0.15, 0.2) is 5.76 Å². The fourth-order valence-electron chi connectivity index (χ4n) is 2.08. The van der Waals surface area contributed by atoms with Crippen LogP contribution in [0.2, 0.25) is 5.02 Å². The summed E-state index contributed by atoms with van der Waals surface area (Å²) in [5.74, 6) is 0.808. The average Bonchev–Trinajstić information content (AvgIpc) is 2.71. The molecular formula is C16H11ClO3. The van der Waals surface area contributed by atoms with Gasteiger partial charge in [-0.2, -0.15) is 0 Å². The Kier molecular flexibility index (Phi) is 2.99. The summed E-state index contributed by atoms with van der Waals surface area (Å²) < 4.78 is 5.54. The maximum Gasteiger partial charge on any atom is 0.232 e. The largest absolute Gasteiger partial charge is 0.508 e. The highest BCUT2D eigenvalue weighted by molar-refractivity contribution is 6.31. The highest BCUT2D eigenvalue weighted by atomic mass is 35.5. The van der Waals surface area contributed by atoms with Crippen LogP contribution in [0.4, 0.5) is 0 Å². The second-order valence-corrected chi connectivity index (χ2v) is 5.06. The van der Waals surface area contributed by atoms with Crippen LogP contribution in [0.3, 0.4) is 0 Å². The van der Waals surface area contributed by atoms with Crippen molar-refractivity contribution in [3.05, 3.63) is 63.9 Å². The third-order valence-corrected chi connectivity index (χ3v) is 3.38. The van der Waals surface area contributed by atoms with Crippen LogP contribution in [-0.4, -0.2) is 10.9 Å². The van der Waals surface area contributed by atoms with Gasteiger partial charge in [-0.15, -0.1) is 0 Å². The number of ketones is 1. The lowest BCUT2D eigenvalue weighted by Gasteiger charge is -2.01. The third kappa shape index (κ3) is 2.17. The lowest BCUT2D eigenvalue weighted by atomic mass is 10.1. The number of ether oxygens (including phenoxy) is 1. The number of allylic oxidation sites excluding steroid dienone is 1. The maximum atomic E-state index is 12.2. The highest BCUT2D eigenvalue weighted by Crippen LogP contribution is 2.33. The summed E-state index contributed by atoms with van der Waals surface area (Å²) in [6, 6.07) is 10.1. The smallest absolute Gasteiger partial charge is 0.232 e. The van der Waals surface area contributed by atoms with E-state index in [-0.39, 0.29) is 17.3 Å². The first-order valence-corrected chi connectivity index (χ1v) is 6.46. The molecule has 0 aliphatic carbocycles. The first kappa shape index (κ1) is 12.8. The number of rotatable bonds is 1. The van der Waals surface area contributed by atoms with E-state index in [1.54, 1.807) is 49.4 Å². The van der Waals surface area contributed by atoms with Gasteiger partial charge in [0.2, 0.25) is 5.78 Å². The molecule has 0 unspecified atom stereocenters. The molecule has 1 aliphatic heterocycles. The van der Waals surface area contributed by atoms with Gasteiger partial charge in [0.05, 0.1) is 5.56 Å². The fourth-order valence-corrected chi connectivity index (χ4v) is 2.25. The first-order valence-electron chi connectivity index (χ1n) is 6.08. The molecule has 0 atom stereocenters. The summed E-state index contributed by atoms with van der Waals surface area (Å²) in [4.78, 5) is 12.2. The van der Waals surface area contributed by atoms with Gasteiger partial charge < -0.3 is 9.84 Å². The SMILES string of the molecule is Cc1cc(/C=C2\Oc3ccc(Cl)cc3C2=O)ccc1O. The zero-order valence-electron chi connectivity index (χ0n) is 10.7. The van der Waals surface area contributed by atoms with Crippen molar-refractivity contribution in [2.45, 2.75) is 6.92 Å². The van der Waals surface area contributed by atoms with E-state index in [0.29, 0.717) is 16.3 Å². The van der Waals surface area contributed by atoms with Crippen molar-refractivity contribution >= 4 is 23.5 Å². The summed E-state index contributed by atoms with van der Waals surface area (Å²) in [7, 11) is 0. The molecule has 3 rings (SSSR count). The molecule has 1 N–H and O–H groups in total. The molecule has 1 aliphatic rings. The summed E-state index contributed by atoms with van der Waals surface area (Å²) in [5.41, 5.74) is 2.01. The van der Waals surface area contributed by atoms with Crippen molar-refractivity contribution in [3.8, 4) is 11.5 Å². The highest BCUT2D eigenvalue weighted by Gasteiger charge is 2.27. The number of aromatic hydroxyl groups is 1. The number of aryl methyl sites for hydroxylation is 1. The van der Waals surface area contributed by atoms with E-state index in [4.69, 9.17) is 16.3 Å². The molecule has 100 valence electrons. The molecule has 20 heavy (non-hydrogen) atoms. The molecule has 0 amide bonds. The Morgan fingerprint density at radius 1 is 1.20 bits per heavy atom. The Labute approximate surface area is 121 Å². The standard InChI is InChI=1S/C16H11ClO3/c1-9-6-10(2-4-13(9)18)7-15-16(19)12-8-11(17)3-5-14(12)20-15/h2-8,18H,1H3/b15-7-. The van der Waals surface area contributed by atoms with Crippen molar-refractivity contribution in [1.82, 2.24) is 0 Å². The van der Waals surface area contributed by atoms with Crippen LogP contribution >= 0.6 is 11.6 Å². The predicted molar refractivity (Wildman–Crippen MR) is 77.2 cm³/mol. The molecule has 4 heteroatoms. The van der Waals surface area contributed by atoms with Crippen molar-refractivity contribution < 1.29 is 14.6 Å². The van der Waals surface area contributed by atoms with Gasteiger partial charge in [-0.1, -0.05) is 17.7 Å². The van der Waals surface area contributed by atoms with Crippen molar-refractivity contribution in [1.29, 1.82) is 0 Å². The van der Waals surface area contributed by atoms with Gasteiger partial charge in [-0.05, 0) is 54.5 Å². The van der Waals surface area contributed by atoms with Gasteiger partial charge in [0, 0.05) is 5.02 Å². The molecule has 0 bridgehead atoms. The number of fused-ring (bicyclic) bond motifs is 1. The van der Waals surface area contributed by atoms with Crippen LogP contribution in [0.15, 0.2) is 42.2 Å². The van der Waals surface area contributed by atoms with Crippen molar-refractivity contribution in [3.63, 3.8) is 0 Å². The zero-order valence-corrected chi connectivity index (χ0v) is 11.4. The van der Waals surface area contributed by atoms with Crippen LogP contribution in [-0.2, 0) is 0 Å². The molecule has 0 saturated carbocycles. The summed E-state index contributed by atoms with van der Waals surface area (Å²) >= 11 is 5.88. The third-order valence-electron chi connectivity index (χ3n) is 3.15. The predicted octanol–water partition coefficient (Wildman–Crippen LogP) is 3.97. The number of benzene rings is 2. The Hall–Kier alpha value is -2.26. The molecule has 0 aromatic heterocycles. The minimum Gasteiger partial charge on any atom is -0.508 e. The molecule has 1 heterocycles. The molecule has 2 aromatic rings. The van der Waals surface area contributed by atoms with E-state index in [9.17, 15) is 9.90 Å². The van der Waals surface area contributed by atoms with Gasteiger partial charge in [-0.25, -0.2) is 0 Å². The Morgan fingerprint density at radius 3 is 2.75 bits per heavy atom. The van der Waals surface area contributed by atoms with E-state index in [0.717, 1.165) is 11.1 Å². The maximum absolute atomic E-state index is 12.2. The number of carbonyl (C=O) groups is 1. The quantitative estimate of drug-likeness (QED) is 0.807. The molecular weight excluding hydrogens is 276 g/mol. The van der Waals surface area contributed by atoms with Crippen LogP contribution in [0, 0.1) is 6.92 Å². The lowest BCUT2D eigenvalue weighted by molar-refractivity contribution is 0.101. The number of Topliss-reactive ketones (excluding diaryl/α,β-unsaturated/α-hetero) is 1. The molecule has 2 aromatic carbocycles. The number of carbonyl (C=O) groups excluding carboxylic acids is 1. The number of hydrogen-bond acceptors (Lipinski definition) is 3. The molecule has 0 radical (unpaired) electrons. The van der Waals surface area contributed by atoms with Gasteiger partial charge >= 0.3 is 0 Å². The van der Waals surface area contributed by atoms with E-state index < -0.39 is 0 Å². The lowest BCUT2D eigenvalue weighted by Crippen LogP contribution is -1.98. The normalized spacial score (nSPS) is 15.3. The topological polar surface area (TPSA) is 46.5 Å². The Bertz CT molecular complexity index is 747. The number of phenolic OH excluding ortho intramolecular Hbond substituents is 1. The number of halogens is 1. The van der Waals surface area contributed by atoms with E-state index in [1.807, 2.05) is 0 Å². The Morgan fingerprint density at radius 2 is 2.00 bits per heavy atom. The van der Waals surface area contributed by atoms with Gasteiger partial charge in [-0.3, -0.25) is 4.79 Å². The number of hydrogen-bond donors (Lipinski definition) is 1. The van der Waals surface area contributed by atoms with Crippen LogP contribution in [0.1, 0.15) is 21.5 Å². The first-order chi connectivity index (χ1) is 9.54. The van der Waals surface area contributed by atoms with Crippen LogP contribution in [0.25, 0.3) is 6.08 Å². The van der Waals surface area contributed by atoms with Crippen molar-refractivity contribution in [2.24, 2.45) is 0 Å². The van der Waals surface area contributed by atoms with E-state index in [2.05, 4.69) is 0 Å². The van der Waals surface area contributed by atoms with Crippen LogP contribution < -0.4 is 4.74 Å². The molecule has 3 nitrogen and oxygen atoms in total. The fraction of sp³-hybridized carbons (Fsp3) is 0.0625. The monoisotopic (exact) mass is 286 g/mol. The zero-order chi connectivity index (χ0) is 14.3. The summed E-state index contributed by atoms with van der Waals surface area (Å²) in [6.45, 7) is 1.79. The molecule has 0 fully saturated rings. The van der Waals surface area contributed by atoms with E-state index in [1.165, 1.54) is 0 Å². The second-order valence-electron chi connectivity index (χ2n) is 4.63. The van der Waals surface area contributed by atoms with Crippen molar-refractivity contribution in [2.75, 3.05) is 0 Å². The summed E-state index contributed by atoms with van der Waals surface area (Å²) in [6.07, 6.45) is 1.66. The summed E-state index contributed by atoms with van der Waals surface area (Å²) in [5, 5.41) is 10.00. The van der Waals surface area contributed by atoms with E-state index >= 15 is 0 Å². The van der Waals surface area contributed by atoms with Crippen LogP contribution in [0.5, 0.6) is 11.5 Å². The Balaban J connectivity index is 1.99. The second kappa shape index (κ2) is 4.69. The molecule has 0 spiro atoms. The van der Waals surface area contributed by atoms with Gasteiger partial charge in [0.25, 0.3) is 0 Å². The molecule has 0 saturated heterocycles.